The third-order valence-corrected chi connectivity index (χ3v) is 6.40. The highest BCUT2D eigenvalue weighted by Crippen LogP contribution is 2.36. The molecule has 0 radical (unpaired) electrons. The molecule has 2 aromatic heterocycles. The molecule has 1 saturated heterocycles. The monoisotopic (exact) mass is 434 g/mol. The minimum Gasteiger partial charge on any atom is -0.356 e. The highest BCUT2D eigenvalue weighted by molar-refractivity contribution is 5.96. The van der Waals surface area contributed by atoms with E-state index in [1.807, 2.05) is 44.3 Å². The van der Waals surface area contributed by atoms with E-state index < -0.39 is 5.41 Å². The summed E-state index contributed by atoms with van der Waals surface area (Å²) in [5.41, 5.74) is 3.10. The first kappa shape index (κ1) is 21.8. The second-order valence-corrected chi connectivity index (χ2v) is 9.06. The van der Waals surface area contributed by atoms with Crippen molar-refractivity contribution in [3.63, 3.8) is 0 Å². The topological polar surface area (TPSA) is 94.2 Å². The molecule has 2 amide bonds. The first-order valence-corrected chi connectivity index (χ1v) is 10.9. The Hall–Kier alpha value is -3.42. The van der Waals surface area contributed by atoms with Gasteiger partial charge in [0.05, 0.1) is 17.2 Å². The quantitative estimate of drug-likeness (QED) is 0.643. The number of hydrogen-bond donors (Lipinski definition) is 2. The van der Waals surface area contributed by atoms with E-state index in [0.717, 1.165) is 59.6 Å². The number of aryl methyl sites for hydroxylation is 1. The summed E-state index contributed by atoms with van der Waals surface area (Å²) in [7, 11) is 3.48. The number of piperidine rings is 1. The highest BCUT2D eigenvalue weighted by atomic mass is 16.2. The van der Waals surface area contributed by atoms with Crippen LogP contribution in [0.2, 0.25) is 0 Å². The van der Waals surface area contributed by atoms with Crippen LogP contribution in [0.1, 0.15) is 30.9 Å². The highest BCUT2D eigenvalue weighted by Gasteiger charge is 2.37. The van der Waals surface area contributed by atoms with Gasteiger partial charge in [-0.1, -0.05) is 19.1 Å². The Morgan fingerprint density at radius 1 is 1.22 bits per heavy atom. The van der Waals surface area contributed by atoms with Gasteiger partial charge in [-0.2, -0.15) is 0 Å². The molecule has 0 bridgehead atoms. The van der Waals surface area contributed by atoms with Crippen LogP contribution in [0, 0.1) is 12.3 Å². The minimum absolute atomic E-state index is 0.0129. The lowest BCUT2D eigenvalue weighted by molar-refractivity contribution is -0.128. The fraction of sp³-hybridized carbons (Fsp3) is 0.417. The molecule has 4 rings (SSSR count). The van der Waals surface area contributed by atoms with Gasteiger partial charge in [0.2, 0.25) is 11.8 Å². The molecule has 8 heteroatoms. The molecule has 1 aromatic carbocycles. The normalized spacial score (nSPS) is 15.6. The van der Waals surface area contributed by atoms with Crippen LogP contribution in [0.5, 0.6) is 0 Å². The summed E-state index contributed by atoms with van der Waals surface area (Å²) in [6.07, 6.45) is 5.31. The standard InChI is InChI=1S/C24H30N6O2/c1-16-14-25-21-20(16)22(27-15-26-21)30-10-8-24(2,9-11-30)23(32)28-18-7-5-6-17(12-18)13-19(31)29(3)4/h5-7,12,14-15H,8-11,13H2,1-4H3,(H,28,32)(H,25,26,27). The number of nitrogens with one attached hydrogen (secondary N) is 2. The summed E-state index contributed by atoms with van der Waals surface area (Å²) in [5, 5.41) is 4.12. The van der Waals surface area contributed by atoms with Crippen molar-refractivity contribution in [2.24, 2.45) is 5.41 Å². The number of carbonyl (C=O) groups excluding carboxylic acids is 2. The van der Waals surface area contributed by atoms with Gasteiger partial charge < -0.3 is 20.1 Å². The average molecular weight is 435 g/mol. The zero-order valence-electron chi connectivity index (χ0n) is 19.1. The summed E-state index contributed by atoms with van der Waals surface area (Å²) >= 11 is 0. The fourth-order valence-corrected chi connectivity index (χ4v) is 4.15. The van der Waals surface area contributed by atoms with Gasteiger partial charge >= 0.3 is 0 Å². The van der Waals surface area contributed by atoms with E-state index in [0.29, 0.717) is 6.42 Å². The summed E-state index contributed by atoms with van der Waals surface area (Å²) in [6, 6.07) is 7.53. The van der Waals surface area contributed by atoms with Gasteiger partial charge in [-0.25, -0.2) is 9.97 Å². The molecule has 168 valence electrons. The molecule has 0 saturated carbocycles. The van der Waals surface area contributed by atoms with Gasteiger partial charge in [-0.15, -0.1) is 0 Å². The number of rotatable bonds is 5. The van der Waals surface area contributed by atoms with E-state index in [-0.39, 0.29) is 11.8 Å². The van der Waals surface area contributed by atoms with Gasteiger partial charge in [0.15, 0.2) is 0 Å². The van der Waals surface area contributed by atoms with Crippen molar-refractivity contribution in [3.8, 4) is 0 Å². The molecule has 3 aromatic rings. The molecule has 32 heavy (non-hydrogen) atoms. The molecule has 3 heterocycles. The van der Waals surface area contributed by atoms with Crippen LogP contribution >= 0.6 is 0 Å². The predicted molar refractivity (Wildman–Crippen MR) is 126 cm³/mol. The molecule has 2 N–H and O–H groups in total. The van der Waals surface area contributed by atoms with E-state index in [4.69, 9.17) is 0 Å². The Bertz CT molecular complexity index is 1140. The van der Waals surface area contributed by atoms with Crippen LogP contribution in [-0.4, -0.2) is 58.9 Å². The van der Waals surface area contributed by atoms with Crippen LogP contribution in [-0.2, 0) is 16.0 Å². The molecule has 8 nitrogen and oxygen atoms in total. The van der Waals surface area contributed by atoms with E-state index >= 15 is 0 Å². The van der Waals surface area contributed by atoms with E-state index in [1.165, 1.54) is 0 Å². The molecule has 1 fully saturated rings. The Morgan fingerprint density at radius 3 is 2.69 bits per heavy atom. The Kier molecular flexibility index (Phi) is 5.86. The number of benzene rings is 1. The first-order valence-electron chi connectivity index (χ1n) is 10.9. The van der Waals surface area contributed by atoms with Crippen LogP contribution < -0.4 is 10.2 Å². The van der Waals surface area contributed by atoms with E-state index in [2.05, 4.69) is 25.2 Å². The molecule has 0 unspecified atom stereocenters. The van der Waals surface area contributed by atoms with E-state index in [9.17, 15) is 9.59 Å². The number of carbonyl (C=O) groups is 2. The largest absolute Gasteiger partial charge is 0.356 e. The molecule has 1 aliphatic heterocycles. The predicted octanol–water partition coefficient (Wildman–Crippen LogP) is 3.14. The minimum atomic E-state index is -0.467. The number of likely N-dealkylation sites (N-methyl/N-ethyl adjacent to an activating group) is 1. The lowest BCUT2D eigenvalue weighted by Gasteiger charge is -2.39. The summed E-state index contributed by atoms with van der Waals surface area (Å²) < 4.78 is 0. The Balaban J connectivity index is 1.43. The second kappa shape index (κ2) is 8.61. The van der Waals surface area contributed by atoms with Crippen molar-refractivity contribution in [3.05, 3.63) is 47.9 Å². The fourth-order valence-electron chi connectivity index (χ4n) is 4.15. The summed E-state index contributed by atoms with van der Waals surface area (Å²) in [4.78, 5) is 41.0. The third-order valence-electron chi connectivity index (χ3n) is 6.40. The average Bonchev–Trinajstić information content (AvgIpc) is 3.15. The SMILES string of the molecule is Cc1c[nH]c2ncnc(N3CCC(C)(C(=O)Nc4cccc(CC(=O)N(C)C)c4)CC3)c12. The van der Waals surface area contributed by atoms with Crippen LogP contribution in [0.3, 0.4) is 0 Å². The maximum absolute atomic E-state index is 13.2. The maximum Gasteiger partial charge on any atom is 0.230 e. The number of nitrogens with zero attached hydrogens (tertiary/aromatic N) is 4. The van der Waals surface area contributed by atoms with Crippen molar-refractivity contribution in [2.75, 3.05) is 37.4 Å². The molecular formula is C24H30N6O2. The van der Waals surface area contributed by atoms with Crippen LogP contribution in [0.15, 0.2) is 36.8 Å². The Labute approximate surface area is 188 Å². The number of aromatic amines is 1. The first-order chi connectivity index (χ1) is 15.3. The number of anilines is 2. The zero-order chi connectivity index (χ0) is 22.9. The molecular weight excluding hydrogens is 404 g/mol. The number of hydrogen-bond acceptors (Lipinski definition) is 5. The lowest BCUT2D eigenvalue weighted by atomic mass is 9.79. The smallest absolute Gasteiger partial charge is 0.230 e. The van der Waals surface area contributed by atoms with Crippen molar-refractivity contribution < 1.29 is 9.59 Å². The van der Waals surface area contributed by atoms with E-state index in [1.54, 1.807) is 25.3 Å². The zero-order valence-corrected chi connectivity index (χ0v) is 19.1. The third kappa shape index (κ3) is 4.30. The maximum atomic E-state index is 13.2. The van der Waals surface area contributed by atoms with Gasteiger partial charge in [0.1, 0.15) is 17.8 Å². The van der Waals surface area contributed by atoms with Gasteiger partial charge in [-0.3, -0.25) is 9.59 Å². The Morgan fingerprint density at radius 2 is 1.97 bits per heavy atom. The molecule has 1 aliphatic rings. The summed E-state index contributed by atoms with van der Waals surface area (Å²) in [6.45, 7) is 5.57. The number of amides is 2. The number of fused-ring (bicyclic) bond motifs is 1. The van der Waals surface area contributed by atoms with Crippen molar-refractivity contribution in [1.82, 2.24) is 19.9 Å². The van der Waals surface area contributed by atoms with Gasteiger partial charge in [-0.05, 0) is 43.0 Å². The molecule has 0 atom stereocenters. The summed E-state index contributed by atoms with van der Waals surface area (Å²) in [5.74, 6) is 0.970. The van der Waals surface area contributed by atoms with Gasteiger partial charge in [0.25, 0.3) is 0 Å². The van der Waals surface area contributed by atoms with Crippen LogP contribution in [0.4, 0.5) is 11.5 Å². The van der Waals surface area contributed by atoms with Crippen molar-refractivity contribution >= 4 is 34.4 Å². The van der Waals surface area contributed by atoms with Crippen molar-refractivity contribution in [1.29, 1.82) is 0 Å². The molecule has 0 spiro atoms. The number of aromatic nitrogens is 3. The lowest BCUT2D eigenvalue weighted by Crippen LogP contribution is -2.45. The molecule has 0 aliphatic carbocycles. The second-order valence-electron chi connectivity index (χ2n) is 9.06. The van der Waals surface area contributed by atoms with Crippen LogP contribution in [0.25, 0.3) is 11.0 Å². The van der Waals surface area contributed by atoms with Gasteiger partial charge in [0, 0.05) is 39.1 Å². The van der Waals surface area contributed by atoms with Crippen molar-refractivity contribution in [2.45, 2.75) is 33.1 Å². The number of H-pyrrole nitrogens is 1.